The van der Waals surface area contributed by atoms with Gasteiger partial charge in [-0.3, -0.25) is 0 Å². The van der Waals surface area contributed by atoms with Crippen molar-refractivity contribution in [1.82, 2.24) is 15.0 Å². The molecule has 2 aromatic carbocycles. The van der Waals surface area contributed by atoms with Gasteiger partial charge in [0.2, 0.25) is 0 Å². The number of allylic oxidation sites excluding steroid dienone is 1. The quantitative estimate of drug-likeness (QED) is 0.384. The predicted molar refractivity (Wildman–Crippen MR) is 123 cm³/mol. The molecule has 3 rings (SSSR count). The highest BCUT2D eigenvalue weighted by Crippen LogP contribution is 2.33. The molecule has 0 radical (unpaired) electrons. The molecule has 3 aromatic rings. The number of rotatable bonds is 6. The second-order valence-electron chi connectivity index (χ2n) is 8.41. The van der Waals surface area contributed by atoms with Crippen LogP contribution < -0.4 is 4.74 Å². The van der Waals surface area contributed by atoms with Crippen LogP contribution in [0.4, 0.5) is 0 Å². The van der Waals surface area contributed by atoms with Crippen molar-refractivity contribution >= 4 is 13.3 Å². The van der Waals surface area contributed by atoms with Crippen molar-refractivity contribution in [1.29, 1.82) is 0 Å². The van der Waals surface area contributed by atoms with Crippen LogP contribution in [0.3, 0.4) is 0 Å². The number of hydrogen-bond acceptors (Lipinski definition) is 3. The van der Waals surface area contributed by atoms with Crippen molar-refractivity contribution in [3.63, 3.8) is 0 Å². The molecule has 0 aliphatic rings. The lowest BCUT2D eigenvalue weighted by Gasteiger charge is -2.21. The van der Waals surface area contributed by atoms with Gasteiger partial charge >= 0.3 is 0 Å². The smallest absolute Gasteiger partial charge is 0.120 e. The summed E-state index contributed by atoms with van der Waals surface area (Å²) in [6.07, 6.45) is 0. The molecular formula is C24H29N3OSi. The minimum absolute atomic E-state index is 0.678. The second-order valence-corrected chi connectivity index (χ2v) is 13.4. The van der Waals surface area contributed by atoms with Gasteiger partial charge in [-0.25, -0.2) is 4.68 Å². The summed E-state index contributed by atoms with van der Waals surface area (Å²) in [5, 5.41) is 10.4. The Labute approximate surface area is 174 Å². The fraction of sp³-hybridized carbons (Fsp3) is 0.292. The Morgan fingerprint density at radius 3 is 2.21 bits per heavy atom. The van der Waals surface area contributed by atoms with E-state index >= 15 is 0 Å². The van der Waals surface area contributed by atoms with Gasteiger partial charge in [-0.1, -0.05) is 55.2 Å². The lowest BCUT2D eigenvalue weighted by molar-refractivity contribution is 0.415. The van der Waals surface area contributed by atoms with Crippen LogP contribution in [0, 0.1) is 0 Å². The molecule has 1 aromatic heterocycles. The first-order valence-electron chi connectivity index (χ1n) is 9.86. The average molecular weight is 404 g/mol. The molecule has 5 heteroatoms. The molecule has 0 unspecified atom stereocenters. The molecule has 0 fully saturated rings. The first kappa shape index (κ1) is 20.8. The molecule has 0 saturated heterocycles. The third-order valence-electron chi connectivity index (χ3n) is 4.64. The van der Waals surface area contributed by atoms with Gasteiger partial charge in [0.05, 0.1) is 27.4 Å². The van der Waals surface area contributed by atoms with Gasteiger partial charge in [-0.2, -0.15) is 0 Å². The highest BCUT2D eigenvalue weighted by molar-refractivity contribution is 6.93. The molecule has 0 bridgehead atoms. The Morgan fingerprint density at radius 1 is 1.00 bits per heavy atom. The van der Waals surface area contributed by atoms with Gasteiger partial charge in [-0.05, 0) is 49.2 Å². The summed E-state index contributed by atoms with van der Waals surface area (Å²) in [7, 11) is -0.0474. The van der Waals surface area contributed by atoms with Crippen molar-refractivity contribution in [2.45, 2.75) is 40.0 Å². The van der Waals surface area contributed by atoms with E-state index < -0.39 is 8.07 Å². The Balaban J connectivity index is 2.23. The maximum absolute atomic E-state index is 5.32. The molecular weight excluding hydrogens is 374 g/mol. The molecule has 0 saturated carbocycles. The van der Waals surface area contributed by atoms with Gasteiger partial charge in [0.25, 0.3) is 0 Å². The van der Waals surface area contributed by atoms with Crippen molar-refractivity contribution in [3.8, 4) is 17.0 Å². The third kappa shape index (κ3) is 4.94. The van der Waals surface area contributed by atoms with E-state index in [0.717, 1.165) is 28.3 Å². The highest BCUT2D eigenvalue weighted by Gasteiger charge is 2.28. The summed E-state index contributed by atoms with van der Waals surface area (Å²) < 4.78 is 7.34. The number of benzene rings is 2. The third-order valence-corrected chi connectivity index (χ3v) is 6.50. The summed E-state index contributed by atoms with van der Waals surface area (Å²) in [6.45, 7) is 11.9. The molecule has 150 valence electrons. The Hall–Kier alpha value is -2.88. The maximum Gasteiger partial charge on any atom is 0.120 e. The number of hydrogen-bond donors (Lipinski definition) is 0. The lowest BCUT2D eigenvalue weighted by atomic mass is 10.1. The van der Waals surface area contributed by atoms with Crippen molar-refractivity contribution < 1.29 is 4.74 Å². The first-order chi connectivity index (χ1) is 13.8. The van der Waals surface area contributed by atoms with Gasteiger partial charge in [0.15, 0.2) is 0 Å². The minimum atomic E-state index is -1.73. The molecule has 1 heterocycles. The van der Waals surface area contributed by atoms with E-state index in [1.54, 1.807) is 7.11 Å². The van der Waals surface area contributed by atoms with Crippen LogP contribution in [0.2, 0.25) is 19.6 Å². The van der Waals surface area contributed by atoms with Crippen molar-refractivity contribution in [2.75, 3.05) is 7.11 Å². The molecule has 0 aliphatic carbocycles. The van der Waals surface area contributed by atoms with Crippen LogP contribution in [-0.2, 0) is 6.54 Å². The number of ether oxygens (including phenoxy) is 1. The Bertz CT molecular complexity index is 1030. The van der Waals surface area contributed by atoms with Crippen LogP contribution in [-0.4, -0.2) is 30.2 Å². The molecule has 0 amide bonds. The van der Waals surface area contributed by atoms with Crippen LogP contribution in [0.25, 0.3) is 16.5 Å². The summed E-state index contributed by atoms with van der Waals surface area (Å²) in [5.41, 5.74) is 9.01. The van der Waals surface area contributed by atoms with E-state index in [0.29, 0.717) is 6.54 Å². The van der Waals surface area contributed by atoms with Gasteiger partial charge < -0.3 is 4.74 Å². The molecule has 29 heavy (non-hydrogen) atoms. The zero-order chi connectivity index (χ0) is 21.0. The number of nitrogens with zero attached hydrogens (tertiary/aromatic N) is 3. The van der Waals surface area contributed by atoms with Gasteiger partial charge in [0, 0.05) is 10.8 Å². The summed E-state index contributed by atoms with van der Waals surface area (Å²) in [4.78, 5) is 0. The summed E-state index contributed by atoms with van der Waals surface area (Å²) in [6, 6.07) is 18.4. The van der Waals surface area contributed by atoms with E-state index in [1.807, 2.05) is 35.0 Å². The molecule has 0 atom stereocenters. The number of aromatic nitrogens is 3. The summed E-state index contributed by atoms with van der Waals surface area (Å²) in [5.74, 6) is 0.831. The number of methoxy groups -OCH3 is 1. The Morgan fingerprint density at radius 2 is 1.66 bits per heavy atom. The lowest BCUT2D eigenvalue weighted by Crippen LogP contribution is -2.25. The van der Waals surface area contributed by atoms with Crippen LogP contribution in [0.1, 0.15) is 25.1 Å². The fourth-order valence-corrected chi connectivity index (χ4v) is 4.81. The average Bonchev–Trinajstić information content (AvgIpc) is 3.09. The minimum Gasteiger partial charge on any atom is -0.497 e. The second kappa shape index (κ2) is 8.64. The summed E-state index contributed by atoms with van der Waals surface area (Å²) >= 11 is 0. The standard InChI is InChI=1S/C24H29N3OSi/c1-18(2)16-22(29(4,5)6)24-23(20-12-14-21(28-3)15-13-20)25-26-27(24)17-19-10-8-7-9-11-19/h7-15H,17H2,1-6H3. The first-order valence-corrected chi connectivity index (χ1v) is 13.4. The topological polar surface area (TPSA) is 39.9 Å². The van der Waals surface area contributed by atoms with E-state index in [4.69, 9.17) is 4.74 Å². The molecule has 0 aliphatic heterocycles. The van der Waals surface area contributed by atoms with E-state index in [1.165, 1.54) is 10.8 Å². The van der Waals surface area contributed by atoms with E-state index in [9.17, 15) is 0 Å². The highest BCUT2D eigenvalue weighted by atomic mass is 28.3. The normalized spacial score (nSPS) is 11.1. The van der Waals surface area contributed by atoms with Crippen LogP contribution >= 0.6 is 0 Å². The monoisotopic (exact) mass is 403 g/mol. The van der Waals surface area contributed by atoms with Crippen LogP contribution in [0.15, 0.2) is 65.9 Å². The fourth-order valence-electron chi connectivity index (χ4n) is 3.22. The van der Waals surface area contributed by atoms with Gasteiger partial charge in [-0.15, -0.1) is 10.8 Å². The Kier molecular flexibility index (Phi) is 6.21. The van der Waals surface area contributed by atoms with Crippen molar-refractivity contribution in [3.05, 3.63) is 77.2 Å². The van der Waals surface area contributed by atoms with E-state index in [2.05, 4.69) is 73.8 Å². The molecule has 4 nitrogen and oxygen atoms in total. The van der Waals surface area contributed by atoms with Crippen LogP contribution in [0.5, 0.6) is 5.75 Å². The molecule has 0 spiro atoms. The predicted octanol–water partition coefficient (Wildman–Crippen LogP) is 5.83. The van der Waals surface area contributed by atoms with Gasteiger partial charge in [0.1, 0.15) is 11.4 Å². The molecule has 0 N–H and O–H groups in total. The largest absolute Gasteiger partial charge is 0.497 e. The van der Waals surface area contributed by atoms with E-state index in [-0.39, 0.29) is 0 Å². The van der Waals surface area contributed by atoms with Crippen molar-refractivity contribution in [2.24, 2.45) is 0 Å². The SMILES string of the molecule is COc1ccc(-c2nnn(Cc3ccccc3)c2C(=C=C(C)C)[Si](C)(C)C)cc1. The zero-order valence-electron chi connectivity index (χ0n) is 18.2. The maximum atomic E-state index is 5.32. The zero-order valence-corrected chi connectivity index (χ0v) is 19.2.